The number of nitrogens with one attached hydrogen (secondary N) is 1. The summed E-state index contributed by atoms with van der Waals surface area (Å²) in [6.07, 6.45) is 2.79. The van der Waals surface area contributed by atoms with Crippen molar-refractivity contribution in [3.8, 4) is 22.5 Å². The number of carbonyl (C=O) groups excluding carboxylic acids is 1. The summed E-state index contributed by atoms with van der Waals surface area (Å²) in [6, 6.07) is 12.2. The minimum Gasteiger partial charge on any atom is -0.373 e. The summed E-state index contributed by atoms with van der Waals surface area (Å²) in [4.78, 5) is 20.3. The number of aromatic nitrogens is 6. The number of ether oxygens (including phenoxy) is 1. The van der Waals surface area contributed by atoms with Gasteiger partial charge in [-0.3, -0.25) is 9.48 Å². The lowest BCUT2D eigenvalue weighted by Gasteiger charge is -2.15. The summed E-state index contributed by atoms with van der Waals surface area (Å²) in [5.41, 5.74) is 4.33. The largest absolute Gasteiger partial charge is 0.373 e. The predicted molar refractivity (Wildman–Crippen MR) is 121 cm³/mol. The summed E-state index contributed by atoms with van der Waals surface area (Å²) in [7, 11) is 0. The molecule has 5 aromatic rings. The molecule has 35 heavy (non-hydrogen) atoms. The zero-order chi connectivity index (χ0) is 23.9. The van der Waals surface area contributed by atoms with E-state index in [4.69, 9.17) is 14.9 Å². The van der Waals surface area contributed by atoms with Crippen molar-refractivity contribution in [1.29, 1.82) is 0 Å². The van der Waals surface area contributed by atoms with Crippen molar-refractivity contribution in [3.05, 3.63) is 83.9 Å². The second kappa shape index (κ2) is 8.37. The first kappa shape index (κ1) is 21.1. The van der Waals surface area contributed by atoms with Crippen LogP contribution < -0.4 is 5.32 Å². The molecule has 4 aromatic heterocycles. The molecule has 174 valence electrons. The van der Waals surface area contributed by atoms with Crippen molar-refractivity contribution in [2.24, 2.45) is 0 Å². The molecule has 0 fully saturated rings. The Morgan fingerprint density at radius 1 is 1.06 bits per heavy atom. The number of halogens is 2. The lowest BCUT2D eigenvalue weighted by molar-refractivity contribution is 0.0804. The maximum absolute atomic E-state index is 13.5. The second-order valence-electron chi connectivity index (χ2n) is 7.92. The van der Waals surface area contributed by atoms with E-state index in [2.05, 4.69) is 15.3 Å². The molecule has 5 heterocycles. The topological polar surface area (TPSA) is 99.2 Å². The summed E-state index contributed by atoms with van der Waals surface area (Å²) >= 11 is 0. The van der Waals surface area contributed by atoms with Gasteiger partial charge >= 0.3 is 0 Å². The summed E-state index contributed by atoms with van der Waals surface area (Å²) < 4.78 is 36.0. The third kappa shape index (κ3) is 3.91. The Morgan fingerprint density at radius 2 is 1.91 bits per heavy atom. The van der Waals surface area contributed by atoms with Crippen LogP contribution in [0.5, 0.6) is 0 Å². The van der Waals surface area contributed by atoms with E-state index in [0.717, 1.165) is 22.9 Å². The minimum absolute atomic E-state index is 0.124. The van der Waals surface area contributed by atoms with Gasteiger partial charge in [-0.25, -0.2) is 18.9 Å². The molecule has 9 nitrogen and oxygen atoms in total. The number of carbonyl (C=O) groups is 1. The lowest BCUT2D eigenvalue weighted by atomic mass is 10.0. The molecule has 0 unspecified atom stereocenters. The van der Waals surface area contributed by atoms with E-state index >= 15 is 0 Å². The summed E-state index contributed by atoms with van der Waals surface area (Å²) in [6.45, 7) is 1.52. The van der Waals surface area contributed by atoms with Gasteiger partial charge in [0.05, 0.1) is 42.9 Å². The van der Waals surface area contributed by atoms with Crippen molar-refractivity contribution in [2.45, 2.75) is 13.2 Å². The number of nitrogens with zero attached hydrogens (tertiary/aromatic N) is 6. The van der Waals surface area contributed by atoms with Gasteiger partial charge < -0.3 is 10.1 Å². The van der Waals surface area contributed by atoms with Crippen LogP contribution in [0.15, 0.2) is 60.9 Å². The lowest BCUT2D eigenvalue weighted by Crippen LogP contribution is -2.17. The molecule has 1 amide bonds. The smallest absolute Gasteiger partial charge is 0.257 e. The van der Waals surface area contributed by atoms with Gasteiger partial charge in [-0.1, -0.05) is 0 Å². The van der Waals surface area contributed by atoms with Gasteiger partial charge in [0.15, 0.2) is 11.5 Å². The average molecular weight is 473 g/mol. The third-order valence-electron chi connectivity index (χ3n) is 5.67. The van der Waals surface area contributed by atoms with Gasteiger partial charge in [-0.2, -0.15) is 14.6 Å². The molecule has 0 radical (unpaired) electrons. The van der Waals surface area contributed by atoms with Gasteiger partial charge in [0.2, 0.25) is 5.95 Å². The number of rotatable bonds is 4. The third-order valence-corrected chi connectivity index (χ3v) is 5.67. The fraction of sp³-hybridized carbons (Fsp3) is 0.125. The van der Waals surface area contributed by atoms with Gasteiger partial charge in [0.1, 0.15) is 11.5 Å². The van der Waals surface area contributed by atoms with Crippen molar-refractivity contribution in [2.75, 3.05) is 11.9 Å². The highest BCUT2D eigenvalue weighted by atomic mass is 19.1. The van der Waals surface area contributed by atoms with Crippen LogP contribution in [0, 0.1) is 11.8 Å². The standard InChI is InChI=1S/C24H17F2N7O2/c25-16-3-1-14(2-4-16)23-22(18-13-35-10-9-32(18)31-23)17-5-6-21-28-20(12-33(21)30-17)29-24(34)15-7-8-27-19(26)11-15/h1-8,11-12H,9-10,13H2,(H,29,34). The molecule has 6 rings (SSSR count). The molecular formula is C24H17F2N7O2. The van der Waals surface area contributed by atoms with E-state index < -0.39 is 11.9 Å². The van der Waals surface area contributed by atoms with E-state index in [0.29, 0.717) is 36.8 Å². The van der Waals surface area contributed by atoms with Crippen LogP contribution >= 0.6 is 0 Å². The molecule has 11 heteroatoms. The fourth-order valence-corrected chi connectivity index (χ4v) is 4.04. The van der Waals surface area contributed by atoms with Crippen LogP contribution in [-0.2, 0) is 17.9 Å². The Labute approximate surface area is 197 Å². The molecule has 0 aliphatic carbocycles. The number of benzene rings is 1. The van der Waals surface area contributed by atoms with Crippen LogP contribution in [0.2, 0.25) is 0 Å². The van der Waals surface area contributed by atoms with Gasteiger partial charge in [-0.15, -0.1) is 0 Å². The van der Waals surface area contributed by atoms with Crippen LogP contribution in [-0.4, -0.2) is 41.9 Å². The van der Waals surface area contributed by atoms with Gasteiger partial charge in [0.25, 0.3) is 5.91 Å². The number of amides is 1. The van der Waals surface area contributed by atoms with Crippen molar-refractivity contribution in [3.63, 3.8) is 0 Å². The highest BCUT2D eigenvalue weighted by Gasteiger charge is 2.24. The number of anilines is 1. The normalized spacial score (nSPS) is 13.1. The maximum atomic E-state index is 13.5. The average Bonchev–Trinajstić information content (AvgIpc) is 3.44. The van der Waals surface area contributed by atoms with E-state index in [1.165, 1.54) is 24.4 Å². The van der Waals surface area contributed by atoms with Crippen LogP contribution in [0.3, 0.4) is 0 Å². The zero-order valence-corrected chi connectivity index (χ0v) is 18.2. The van der Waals surface area contributed by atoms with E-state index in [9.17, 15) is 13.6 Å². The maximum Gasteiger partial charge on any atom is 0.257 e. The number of fused-ring (bicyclic) bond motifs is 2. The first-order valence-electron chi connectivity index (χ1n) is 10.8. The minimum atomic E-state index is -0.746. The molecule has 0 spiro atoms. The molecule has 1 aliphatic rings. The number of hydrogen-bond acceptors (Lipinski definition) is 6. The SMILES string of the molecule is O=C(Nc1cn2nc(-c3c(-c4ccc(F)cc4)nn4c3COCC4)ccc2n1)c1ccnc(F)c1. The van der Waals surface area contributed by atoms with Crippen molar-refractivity contribution >= 4 is 17.4 Å². The zero-order valence-electron chi connectivity index (χ0n) is 18.2. The molecule has 0 saturated heterocycles. The number of pyridine rings is 1. The van der Waals surface area contributed by atoms with Crippen LogP contribution in [0.25, 0.3) is 28.2 Å². The van der Waals surface area contributed by atoms with Crippen LogP contribution in [0.1, 0.15) is 16.1 Å². The Balaban J connectivity index is 1.39. The monoisotopic (exact) mass is 473 g/mol. The first-order valence-corrected chi connectivity index (χ1v) is 10.8. The highest BCUT2D eigenvalue weighted by Crippen LogP contribution is 2.35. The Bertz CT molecular complexity index is 1580. The number of hydrogen-bond donors (Lipinski definition) is 1. The number of imidazole rings is 1. The molecule has 0 bridgehead atoms. The first-order chi connectivity index (χ1) is 17.0. The Morgan fingerprint density at radius 3 is 2.74 bits per heavy atom. The molecule has 0 atom stereocenters. The van der Waals surface area contributed by atoms with E-state index in [1.807, 2.05) is 10.7 Å². The Kier molecular flexibility index (Phi) is 5.03. The van der Waals surface area contributed by atoms with E-state index in [-0.39, 0.29) is 17.2 Å². The second-order valence-corrected chi connectivity index (χ2v) is 7.92. The molecule has 1 N–H and O–H groups in total. The molecule has 0 saturated carbocycles. The molecule has 1 aliphatic heterocycles. The van der Waals surface area contributed by atoms with Gasteiger partial charge in [0, 0.05) is 23.4 Å². The van der Waals surface area contributed by atoms with Gasteiger partial charge in [-0.05, 0) is 42.5 Å². The Hall–Kier alpha value is -4.51. The van der Waals surface area contributed by atoms with Crippen molar-refractivity contribution in [1.82, 2.24) is 29.4 Å². The predicted octanol–water partition coefficient (Wildman–Crippen LogP) is 3.72. The van der Waals surface area contributed by atoms with E-state index in [1.54, 1.807) is 28.9 Å². The quantitative estimate of drug-likeness (QED) is 0.400. The van der Waals surface area contributed by atoms with Crippen LogP contribution in [0.4, 0.5) is 14.6 Å². The molecular weight excluding hydrogens is 456 g/mol. The van der Waals surface area contributed by atoms with Crippen molar-refractivity contribution < 1.29 is 18.3 Å². The molecule has 1 aromatic carbocycles. The summed E-state index contributed by atoms with van der Waals surface area (Å²) in [5, 5.41) is 12.1. The summed E-state index contributed by atoms with van der Waals surface area (Å²) in [5.74, 6) is -1.33. The fourth-order valence-electron chi connectivity index (χ4n) is 4.04. The highest BCUT2D eigenvalue weighted by molar-refractivity contribution is 6.03.